The van der Waals surface area contributed by atoms with Gasteiger partial charge >= 0.3 is 0 Å². The van der Waals surface area contributed by atoms with E-state index < -0.39 is 5.92 Å². The molecule has 0 saturated carbocycles. The SMILES string of the molecule is CC1(C)CC(=O)C2=C(C1)NC1=C(C(=O)c3ccccc31)C2c1ccc(-c2nc3ccccc3o2)cc1. The Morgan fingerprint density at radius 2 is 1.58 bits per heavy atom. The van der Waals surface area contributed by atoms with Crippen molar-refractivity contribution in [2.24, 2.45) is 5.41 Å². The van der Waals surface area contributed by atoms with Crippen molar-refractivity contribution in [2.45, 2.75) is 32.6 Å². The van der Waals surface area contributed by atoms with Gasteiger partial charge in [-0.2, -0.15) is 0 Å². The first-order valence-corrected chi connectivity index (χ1v) is 12.3. The molecule has 0 fully saturated rings. The van der Waals surface area contributed by atoms with Crippen LogP contribution in [-0.4, -0.2) is 16.6 Å². The fraction of sp³-hybridized carbons (Fsp3) is 0.194. The summed E-state index contributed by atoms with van der Waals surface area (Å²) in [7, 11) is 0. The molecule has 0 radical (unpaired) electrons. The molecule has 1 atom stereocenters. The van der Waals surface area contributed by atoms with Gasteiger partial charge in [-0.05, 0) is 41.7 Å². The molecule has 0 spiro atoms. The Hall–Kier alpha value is -4.25. The van der Waals surface area contributed by atoms with Gasteiger partial charge in [-0.25, -0.2) is 4.98 Å². The molecule has 0 saturated heterocycles. The van der Waals surface area contributed by atoms with Crippen LogP contribution in [0, 0.1) is 5.41 Å². The van der Waals surface area contributed by atoms with Crippen molar-refractivity contribution >= 4 is 28.4 Å². The second kappa shape index (κ2) is 7.37. The molecule has 1 N–H and O–H groups in total. The predicted octanol–water partition coefficient (Wildman–Crippen LogP) is 6.43. The van der Waals surface area contributed by atoms with E-state index in [1.54, 1.807) is 0 Å². The number of dihydropyridines is 1. The number of para-hydroxylation sites is 2. The minimum absolute atomic E-state index is 0.00897. The van der Waals surface area contributed by atoms with Gasteiger partial charge in [-0.3, -0.25) is 9.59 Å². The molecule has 1 unspecified atom stereocenters. The lowest BCUT2D eigenvalue weighted by Gasteiger charge is -2.39. The van der Waals surface area contributed by atoms with Crippen molar-refractivity contribution in [1.29, 1.82) is 0 Å². The van der Waals surface area contributed by atoms with Gasteiger partial charge in [-0.1, -0.05) is 62.4 Å². The molecule has 5 nitrogen and oxygen atoms in total. The molecule has 4 aromatic rings. The number of benzene rings is 3. The van der Waals surface area contributed by atoms with Crippen LogP contribution in [0.5, 0.6) is 0 Å². The zero-order chi connectivity index (χ0) is 24.6. The lowest BCUT2D eigenvalue weighted by atomic mass is 9.68. The monoisotopic (exact) mass is 472 g/mol. The van der Waals surface area contributed by atoms with Crippen LogP contribution in [0.1, 0.15) is 54.1 Å². The smallest absolute Gasteiger partial charge is 0.227 e. The lowest BCUT2D eigenvalue weighted by Crippen LogP contribution is -2.37. The third kappa shape index (κ3) is 3.05. The van der Waals surface area contributed by atoms with E-state index in [0.717, 1.165) is 51.2 Å². The van der Waals surface area contributed by atoms with Gasteiger partial charge in [0.05, 0.1) is 5.70 Å². The maximum Gasteiger partial charge on any atom is 0.227 e. The normalized spacial score (nSPS) is 20.3. The highest BCUT2D eigenvalue weighted by atomic mass is 16.3. The van der Waals surface area contributed by atoms with Gasteiger partial charge in [0.15, 0.2) is 17.1 Å². The number of aromatic nitrogens is 1. The van der Waals surface area contributed by atoms with Crippen LogP contribution in [-0.2, 0) is 4.79 Å². The van der Waals surface area contributed by atoms with Crippen molar-refractivity contribution in [2.75, 3.05) is 0 Å². The summed E-state index contributed by atoms with van der Waals surface area (Å²) < 4.78 is 5.95. The zero-order valence-corrected chi connectivity index (χ0v) is 20.1. The molecule has 1 aliphatic heterocycles. The van der Waals surface area contributed by atoms with Crippen LogP contribution in [0.4, 0.5) is 0 Å². The van der Waals surface area contributed by atoms with Crippen molar-refractivity contribution in [3.63, 3.8) is 0 Å². The van der Waals surface area contributed by atoms with Crippen LogP contribution in [0.25, 0.3) is 28.3 Å². The number of carbonyl (C=O) groups excluding carboxylic acids is 2. The first kappa shape index (κ1) is 21.1. The fourth-order valence-corrected chi connectivity index (χ4v) is 5.94. The molecule has 0 bridgehead atoms. The van der Waals surface area contributed by atoms with Crippen molar-refractivity contribution in [1.82, 2.24) is 10.3 Å². The predicted molar refractivity (Wildman–Crippen MR) is 138 cm³/mol. The van der Waals surface area contributed by atoms with Crippen molar-refractivity contribution in [3.05, 3.63) is 106 Å². The Morgan fingerprint density at radius 1 is 0.861 bits per heavy atom. The number of nitrogens with zero attached hydrogens (tertiary/aromatic N) is 1. The van der Waals surface area contributed by atoms with Crippen molar-refractivity contribution in [3.8, 4) is 11.5 Å². The molecule has 36 heavy (non-hydrogen) atoms. The van der Waals surface area contributed by atoms with Crippen LogP contribution in [0.2, 0.25) is 0 Å². The summed E-state index contributed by atoms with van der Waals surface area (Å²) in [6, 6.07) is 23.3. The molecule has 3 aliphatic rings. The van der Waals surface area contributed by atoms with Crippen LogP contribution < -0.4 is 5.32 Å². The summed E-state index contributed by atoms with van der Waals surface area (Å²) in [4.78, 5) is 31.8. The summed E-state index contributed by atoms with van der Waals surface area (Å²) in [6.07, 6.45) is 1.23. The van der Waals surface area contributed by atoms with E-state index in [1.165, 1.54) is 0 Å². The second-order valence-electron chi connectivity index (χ2n) is 10.7. The molecule has 176 valence electrons. The number of carbonyl (C=O) groups is 2. The van der Waals surface area contributed by atoms with Crippen LogP contribution >= 0.6 is 0 Å². The van der Waals surface area contributed by atoms with Crippen LogP contribution in [0.15, 0.2) is 94.1 Å². The van der Waals surface area contributed by atoms with E-state index in [-0.39, 0.29) is 17.0 Å². The summed E-state index contributed by atoms with van der Waals surface area (Å²) >= 11 is 0. The minimum Gasteiger partial charge on any atom is -0.436 e. The Bertz CT molecular complexity index is 1630. The number of Topliss-reactive ketones (excluding diaryl/α,β-unsaturated/α-hetero) is 2. The van der Waals surface area contributed by atoms with Gasteiger partial charge in [0.1, 0.15) is 5.52 Å². The van der Waals surface area contributed by atoms with E-state index >= 15 is 0 Å². The highest BCUT2D eigenvalue weighted by Gasteiger charge is 2.46. The fourth-order valence-electron chi connectivity index (χ4n) is 5.94. The number of nitrogens with one attached hydrogen (secondary N) is 1. The number of fused-ring (bicyclic) bond motifs is 3. The Labute approximate surface area is 208 Å². The zero-order valence-electron chi connectivity index (χ0n) is 20.1. The van der Waals surface area contributed by atoms with Crippen LogP contribution in [0.3, 0.4) is 0 Å². The number of hydrogen-bond acceptors (Lipinski definition) is 5. The molecular weight excluding hydrogens is 448 g/mol. The van der Waals surface area contributed by atoms with E-state index in [4.69, 9.17) is 4.42 Å². The first-order chi connectivity index (χ1) is 17.4. The topological polar surface area (TPSA) is 72.2 Å². The van der Waals surface area contributed by atoms with Gasteiger partial charge in [0, 0.05) is 45.9 Å². The Kier molecular flexibility index (Phi) is 4.32. The third-order valence-corrected chi connectivity index (χ3v) is 7.51. The van der Waals surface area contributed by atoms with E-state index in [9.17, 15) is 9.59 Å². The third-order valence-electron chi connectivity index (χ3n) is 7.51. The van der Waals surface area contributed by atoms with E-state index in [2.05, 4.69) is 24.1 Å². The number of oxazole rings is 1. The maximum absolute atomic E-state index is 13.7. The molecular formula is C31H24N2O3. The van der Waals surface area contributed by atoms with Gasteiger partial charge in [0.25, 0.3) is 0 Å². The minimum atomic E-state index is -0.405. The summed E-state index contributed by atoms with van der Waals surface area (Å²) in [5.74, 6) is 0.243. The van der Waals surface area contributed by atoms with E-state index in [0.29, 0.717) is 23.4 Å². The lowest BCUT2D eigenvalue weighted by molar-refractivity contribution is -0.118. The summed E-state index contributed by atoms with van der Waals surface area (Å²) in [5, 5.41) is 3.53. The molecule has 2 heterocycles. The molecule has 2 aliphatic carbocycles. The average Bonchev–Trinajstić information content (AvgIpc) is 3.42. The molecule has 0 amide bonds. The van der Waals surface area contributed by atoms with Gasteiger partial charge in [-0.15, -0.1) is 0 Å². The molecule has 1 aromatic heterocycles. The molecule has 7 rings (SSSR count). The quantitative estimate of drug-likeness (QED) is 0.364. The molecule has 3 aromatic carbocycles. The maximum atomic E-state index is 13.7. The molecule has 5 heteroatoms. The average molecular weight is 473 g/mol. The Morgan fingerprint density at radius 3 is 2.36 bits per heavy atom. The van der Waals surface area contributed by atoms with Gasteiger partial charge < -0.3 is 9.73 Å². The summed E-state index contributed by atoms with van der Waals surface area (Å²) in [6.45, 7) is 4.25. The standard InChI is InChI=1S/C31H24N2O3/c1-31(2)15-22-26(23(34)16-31)25(27-28(32-22)19-7-3-4-8-20(19)29(27)35)17-11-13-18(14-12-17)30-33-21-9-5-6-10-24(21)36-30/h3-14,25,32H,15-16H2,1-2H3. The summed E-state index contributed by atoms with van der Waals surface area (Å²) in [5.41, 5.74) is 7.96. The highest BCUT2D eigenvalue weighted by molar-refractivity contribution is 6.23. The highest BCUT2D eigenvalue weighted by Crippen LogP contribution is 2.51. The second-order valence-corrected chi connectivity index (χ2v) is 10.7. The van der Waals surface area contributed by atoms with Gasteiger partial charge in [0.2, 0.25) is 5.89 Å². The first-order valence-electron chi connectivity index (χ1n) is 12.3. The number of allylic oxidation sites excluding steroid dienone is 3. The number of hydrogen-bond donors (Lipinski definition) is 1. The van der Waals surface area contributed by atoms with Crippen molar-refractivity contribution < 1.29 is 14.0 Å². The number of rotatable bonds is 2. The Balaban J connectivity index is 1.36. The number of ketones is 2. The van der Waals surface area contributed by atoms with E-state index in [1.807, 2.05) is 72.8 Å². The largest absolute Gasteiger partial charge is 0.436 e.